The Morgan fingerprint density at radius 2 is 1.93 bits per heavy atom. The molecular weight excluding hydrogens is 394 g/mol. The quantitative estimate of drug-likeness (QED) is 0.511. The van der Waals surface area contributed by atoms with E-state index in [1.54, 1.807) is 0 Å². The van der Waals surface area contributed by atoms with Gasteiger partial charge in [-0.25, -0.2) is 8.78 Å². The van der Waals surface area contributed by atoms with Gasteiger partial charge in [-0.15, -0.1) is 0 Å². The first kappa shape index (κ1) is 21.4. The Hall–Kier alpha value is -2.95. The Morgan fingerprint density at radius 3 is 2.46 bits per heavy atom. The van der Waals surface area contributed by atoms with Crippen molar-refractivity contribution in [1.29, 1.82) is 0 Å². The molecule has 2 N–H and O–H groups in total. The Morgan fingerprint density at radius 1 is 1.29 bits per heavy atom. The highest BCUT2D eigenvalue weighted by Gasteiger charge is 2.25. The van der Waals surface area contributed by atoms with Gasteiger partial charge in [-0.05, 0) is 40.9 Å². The van der Waals surface area contributed by atoms with Gasteiger partial charge in [-0.1, -0.05) is 24.7 Å². The van der Waals surface area contributed by atoms with E-state index in [2.05, 4.69) is 15.6 Å². The number of halogens is 2. The molecule has 1 unspecified atom stereocenters. The van der Waals surface area contributed by atoms with Crippen molar-refractivity contribution in [3.05, 3.63) is 50.4 Å². The average molecular weight is 412 g/mol. The van der Waals surface area contributed by atoms with E-state index in [0.717, 1.165) is 23.5 Å². The van der Waals surface area contributed by atoms with Crippen LogP contribution in [0.3, 0.4) is 0 Å². The SMILES string of the molecule is CCCC(NC(=O)Cc1cc(F)cc(F)c1)C(=O)Nc1nc([N+](=O)[O-])c(C)s1. The van der Waals surface area contributed by atoms with E-state index in [4.69, 9.17) is 0 Å². The molecule has 0 bridgehead atoms. The number of carbonyl (C=O) groups excluding carboxylic acids is 2. The summed E-state index contributed by atoms with van der Waals surface area (Å²) in [4.78, 5) is 38.9. The molecule has 11 heteroatoms. The number of nitrogens with one attached hydrogen (secondary N) is 2. The van der Waals surface area contributed by atoms with Gasteiger partial charge < -0.3 is 15.4 Å². The van der Waals surface area contributed by atoms with E-state index >= 15 is 0 Å². The molecule has 8 nitrogen and oxygen atoms in total. The van der Waals surface area contributed by atoms with Gasteiger partial charge in [0.2, 0.25) is 11.8 Å². The van der Waals surface area contributed by atoms with Crippen LogP contribution in [0, 0.1) is 28.7 Å². The van der Waals surface area contributed by atoms with Gasteiger partial charge in [0.15, 0.2) is 0 Å². The third-order valence-electron chi connectivity index (χ3n) is 3.69. The Labute approximate surface area is 163 Å². The molecule has 1 heterocycles. The highest BCUT2D eigenvalue weighted by atomic mass is 32.1. The zero-order valence-electron chi connectivity index (χ0n) is 15.1. The number of hydrogen-bond donors (Lipinski definition) is 2. The van der Waals surface area contributed by atoms with Gasteiger partial charge in [0.05, 0.1) is 6.42 Å². The number of anilines is 1. The zero-order valence-corrected chi connectivity index (χ0v) is 15.9. The van der Waals surface area contributed by atoms with Crippen LogP contribution in [-0.4, -0.2) is 27.8 Å². The summed E-state index contributed by atoms with van der Waals surface area (Å²) in [5.74, 6) is -3.11. The summed E-state index contributed by atoms with van der Waals surface area (Å²) in [6, 6.07) is 1.85. The molecule has 0 aliphatic rings. The van der Waals surface area contributed by atoms with Gasteiger partial charge in [-0.2, -0.15) is 0 Å². The molecule has 0 aliphatic heterocycles. The number of nitrogens with zero attached hydrogens (tertiary/aromatic N) is 2. The first-order chi connectivity index (χ1) is 13.2. The normalized spacial score (nSPS) is 11.7. The maximum atomic E-state index is 13.2. The lowest BCUT2D eigenvalue weighted by Gasteiger charge is -2.16. The maximum Gasteiger partial charge on any atom is 0.379 e. The number of carbonyl (C=O) groups is 2. The van der Waals surface area contributed by atoms with Crippen LogP contribution in [-0.2, 0) is 16.0 Å². The van der Waals surface area contributed by atoms with E-state index < -0.39 is 34.4 Å². The average Bonchev–Trinajstić information content (AvgIpc) is 2.94. The number of rotatable bonds is 8. The molecule has 2 aromatic rings. The first-order valence-corrected chi connectivity index (χ1v) is 9.18. The number of aromatic nitrogens is 1. The van der Waals surface area contributed by atoms with Crippen molar-refractivity contribution in [2.24, 2.45) is 0 Å². The summed E-state index contributed by atoms with van der Waals surface area (Å²) in [6.07, 6.45) is 0.579. The third kappa shape index (κ3) is 5.78. The minimum Gasteiger partial charge on any atom is -0.358 e. The zero-order chi connectivity index (χ0) is 20.8. The smallest absolute Gasteiger partial charge is 0.358 e. The number of thiazole rings is 1. The second-order valence-corrected chi connectivity index (χ2v) is 7.21. The Balaban J connectivity index is 2.04. The van der Waals surface area contributed by atoms with Gasteiger partial charge in [0.25, 0.3) is 0 Å². The van der Waals surface area contributed by atoms with Crippen LogP contribution >= 0.6 is 11.3 Å². The fourth-order valence-electron chi connectivity index (χ4n) is 2.50. The van der Waals surface area contributed by atoms with Gasteiger partial charge in [0, 0.05) is 6.07 Å². The van der Waals surface area contributed by atoms with Gasteiger partial charge in [0.1, 0.15) is 22.6 Å². The molecule has 0 radical (unpaired) electrons. The fraction of sp³-hybridized carbons (Fsp3) is 0.353. The maximum absolute atomic E-state index is 13.2. The molecule has 0 saturated carbocycles. The highest BCUT2D eigenvalue weighted by Crippen LogP contribution is 2.27. The molecule has 28 heavy (non-hydrogen) atoms. The van der Waals surface area contributed by atoms with Crippen LogP contribution in [0.2, 0.25) is 0 Å². The van der Waals surface area contributed by atoms with Crippen LogP contribution in [0.15, 0.2) is 18.2 Å². The molecule has 0 aliphatic carbocycles. The summed E-state index contributed by atoms with van der Waals surface area (Å²) in [6.45, 7) is 3.32. The second-order valence-electron chi connectivity index (χ2n) is 6.01. The van der Waals surface area contributed by atoms with Crippen molar-refractivity contribution in [3.8, 4) is 0 Å². The summed E-state index contributed by atoms with van der Waals surface area (Å²) < 4.78 is 26.5. The lowest BCUT2D eigenvalue weighted by atomic mass is 10.1. The number of benzene rings is 1. The van der Waals surface area contributed by atoms with E-state index in [1.807, 2.05) is 6.92 Å². The van der Waals surface area contributed by atoms with Crippen molar-refractivity contribution >= 4 is 34.1 Å². The van der Waals surface area contributed by atoms with Crippen LogP contribution in [0.25, 0.3) is 0 Å². The Kier molecular flexibility index (Phi) is 7.10. The molecular formula is C17H18F2N4O4S. The number of nitro groups is 1. The monoisotopic (exact) mass is 412 g/mol. The second kappa shape index (κ2) is 9.31. The van der Waals surface area contributed by atoms with Crippen molar-refractivity contribution < 1.29 is 23.3 Å². The third-order valence-corrected chi connectivity index (χ3v) is 4.57. The standard InChI is InChI=1S/C17H18F2N4O4S/c1-3-4-13(16(25)22-17-21-15(23(26)27)9(2)28-17)20-14(24)7-10-5-11(18)8-12(19)6-10/h5-6,8,13H,3-4,7H2,1-2H3,(H,20,24)(H,21,22,25). The van der Waals surface area contributed by atoms with Crippen LogP contribution in [0.1, 0.15) is 30.2 Å². The van der Waals surface area contributed by atoms with Crippen molar-refractivity contribution in [2.75, 3.05) is 5.32 Å². The molecule has 1 aromatic heterocycles. The highest BCUT2D eigenvalue weighted by molar-refractivity contribution is 7.16. The molecule has 0 saturated heterocycles. The van der Waals surface area contributed by atoms with E-state index in [1.165, 1.54) is 6.92 Å². The molecule has 1 atom stereocenters. The van der Waals surface area contributed by atoms with Gasteiger partial charge in [-0.3, -0.25) is 14.9 Å². The van der Waals surface area contributed by atoms with E-state index in [9.17, 15) is 28.5 Å². The topological polar surface area (TPSA) is 114 Å². The van der Waals surface area contributed by atoms with Gasteiger partial charge >= 0.3 is 10.9 Å². The summed E-state index contributed by atoms with van der Waals surface area (Å²) in [5.41, 5.74) is 0.136. The summed E-state index contributed by atoms with van der Waals surface area (Å²) >= 11 is 0.950. The minimum atomic E-state index is -0.917. The predicted molar refractivity (Wildman–Crippen MR) is 99.0 cm³/mol. The lowest BCUT2D eigenvalue weighted by molar-refractivity contribution is -0.389. The minimum absolute atomic E-state index is 0.0525. The van der Waals surface area contributed by atoms with Crippen LogP contribution in [0.5, 0.6) is 0 Å². The first-order valence-electron chi connectivity index (χ1n) is 8.36. The Bertz CT molecular complexity index is 883. The van der Waals surface area contributed by atoms with E-state index in [0.29, 0.717) is 23.8 Å². The van der Waals surface area contributed by atoms with Crippen molar-refractivity contribution in [2.45, 2.75) is 39.2 Å². The number of aryl methyl sites for hydroxylation is 1. The number of amides is 2. The molecule has 0 fully saturated rings. The predicted octanol–water partition coefficient (Wildman–Crippen LogP) is 3.10. The molecule has 2 amide bonds. The van der Waals surface area contributed by atoms with Crippen molar-refractivity contribution in [1.82, 2.24) is 10.3 Å². The fourth-order valence-corrected chi connectivity index (χ4v) is 3.29. The molecule has 2 rings (SSSR count). The van der Waals surface area contributed by atoms with Crippen LogP contribution < -0.4 is 10.6 Å². The lowest BCUT2D eigenvalue weighted by Crippen LogP contribution is -2.44. The summed E-state index contributed by atoms with van der Waals surface area (Å²) in [5, 5.41) is 15.9. The van der Waals surface area contributed by atoms with Crippen molar-refractivity contribution in [3.63, 3.8) is 0 Å². The molecule has 150 valence electrons. The number of hydrogen-bond acceptors (Lipinski definition) is 6. The summed E-state index contributed by atoms with van der Waals surface area (Å²) in [7, 11) is 0. The molecule has 0 spiro atoms. The molecule has 1 aromatic carbocycles. The largest absolute Gasteiger partial charge is 0.379 e. The van der Waals surface area contributed by atoms with E-state index in [-0.39, 0.29) is 22.9 Å². The van der Waals surface area contributed by atoms with Crippen LogP contribution in [0.4, 0.5) is 19.7 Å².